The van der Waals surface area contributed by atoms with Crippen LogP contribution in [0.3, 0.4) is 0 Å². The third-order valence-corrected chi connectivity index (χ3v) is 6.40. The molecule has 0 atom stereocenters. The Morgan fingerprint density at radius 1 is 1.00 bits per heavy atom. The molecule has 0 spiro atoms. The van der Waals surface area contributed by atoms with E-state index in [0.717, 1.165) is 31.9 Å². The van der Waals surface area contributed by atoms with Gasteiger partial charge >= 0.3 is 0 Å². The Morgan fingerprint density at radius 2 is 1.83 bits per heavy atom. The summed E-state index contributed by atoms with van der Waals surface area (Å²) in [4.78, 5) is 9.77. The number of benzene rings is 2. The number of hydrogen-bond acceptors (Lipinski definition) is 8. The van der Waals surface area contributed by atoms with E-state index in [1.165, 1.54) is 11.8 Å². The van der Waals surface area contributed by atoms with Crippen molar-refractivity contribution in [1.82, 2.24) is 20.2 Å². The average Bonchev–Trinajstić information content (AvgIpc) is 3.42. The number of nitrogens with zero attached hydrogens (tertiary/aromatic N) is 4. The molecule has 0 aliphatic heterocycles. The van der Waals surface area contributed by atoms with Crippen LogP contribution in [-0.4, -0.2) is 27.3 Å². The number of methoxy groups -OCH3 is 1. The van der Waals surface area contributed by atoms with E-state index in [2.05, 4.69) is 25.5 Å². The Balaban J connectivity index is 1.53. The van der Waals surface area contributed by atoms with Gasteiger partial charge in [0, 0.05) is 16.0 Å². The maximum atomic E-state index is 6.04. The third kappa shape index (κ3) is 3.54. The molecule has 2 aromatic carbocycles. The molecule has 0 aliphatic carbocycles. The fourth-order valence-corrected chi connectivity index (χ4v) is 4.91. The lowest BCUT2D eigenvalue weighted by Gasteiger charge is -2.04. The minimum atomic E-state index is 0.392. The van der Waals surface area contributed by atoms with Gasteiger partial charge in [0.05, 0.1) is 18.1 Å². The summed E-state index contributed by atoms with van der Waals surface area (Å²) in [5.74, 6) is 1.06. The largest absolute Gasteiger partial charge is 0.496 e. The molecule has 3 heterocycles. The van der Waals surface area contributed by atoms with Crippen molar-refractivity contribution in [1.29, 1.82) is 0 Å². The summed E-state index contributed by atoms with van der Waals surface area (Å²) < 4.78 is 11.3. The molecule has 30 heavy (non-hydrogen) atoms. The Bertz CT molecular complexity index is 1330. The number of thiophene rings is 1. The fraction of sp³-hybridized carbons (Fsp3) is 0.0476. The second-order valence-corrected chi connectivity index (χ2v) is 8.43. The highest BCUT2D eigenvalue weighted by atomic mass is 35.5. The SMILES string of the molecule is COc1ccccc1-c1nnc(Sc2ncnc3scc(-c4ccc(Cl)cc4)c23)o1. The number of halogens is 1. The minimum Gasteiger partial charge on any atom is -0.496 e. The van der Waals surface area contributed by atoms with Crippen LogP contribution in [0.1, 0.15) is 0 Å². The maximum absolute atomic E-state index is 6.04. The molecule has 0 unspecified atom stereocenters. The zero-order valence-electron chi connectivity index (χ0n) is 15.6. The lowest BCUT2D eigenvalue weighted by atomic mass is 10.1. The molecule has 5 aromatic rings. The number of aromatic nitrogens is 4. The van der Waals surface area contributed by atoms with Gasteiger partial charge in [0.2, 0.25) is 0 Å². The van der Waals surface area contributed by atoms with Gasteiger partial charge in [-0.2, -0.15) is 0 Å². The number of hydrogen-bond donors (Lipinski definition) is 0. The van der Waals surface area contributed by atoms with E-state index < -0.39 is 0 Å². The molecule has 0 aliphatic rings. The van der Waals surface area contributed by atoms with Crippen molar-refractivity contribution in [3.8, 4) is 28.3 Å². The summed E-state index contributed by atoms with van der Waals surface area (Å²) in [6.45, 7) is 0. The predicted molar refractivity (Wildman–Crippen MR) is 118 cm³/mol. The van der Waals surface area contributed by atoms with Gasteiger partial charge in [-0.05, 0) is 41.6 Å². The van der Waals surface area contributed by atoms with E-state index in [4.69, 9.17) is 20.8 Å². The van der Waals surface area contributed by atoms with Crippen molar-refractivity contribution >= 4 is 44.9 Å². The predicted octanol–water partition coefficient (Wildman–Crippen LogP) is 6.22. The van der Waals surface area contributed by atoms with Gasteiger partial charge < -0.3 is 9.15 Å². The molecule has 0 N–H and O–H groups in total. The van der Waals surface area contributed by atoms with Gasteiger partial charge in [-0.15, -0.1) is 21.5 Å². The van der Waals surface area contributed by atoms with Gasteiger partial charge in [0.1, 0.15) is 21.9 Å². The molecule has 0 saturated heterocycles. The number of ether oxygens (including phenoxy) is 1. The van der Waals surface area contributed by atoms with Crippen LogP contribution in [0.25, 0.3) is 32.8 Å². The first-order valence-electron chi connectivity index (χ1n) is 8.86. The standard InChI is InChI=1S/C21H13ClN4O2S2/c1-27-16-5-3-2-4-14(16)18-25-26-21(28-18)30-20-17-15(10-29-19(17)23-11-24-20)12-6-8-13(22)9-7-12/h2-11H,1H3. The molecule has 0 radical (unpaired) electrons. The molecule has 6 nitrogen and oxygen atoms in total. The van der Waals surface area contributed by atoms with E-state index in [0.29, 0.717) is 21.9 Å². The van der Waals surface area contributed by atoms with E-state index in [1.807, 2.05) is 48.5 Å². The van der Waals surface area contributed by atoms with Crippen molar-refractivity contribution < 1.29 is 9.15 Å². The summed E-state index contributed by atoms with van der Waals surface area (Å²) in [6, 6.07) is 15.2. The van der Waals surface area contributed by atoms with Gasteiger partial charge in [-0.1, -0.05) is 35.9 Å². The first kappa shape index (κ1) is 19.0. The summed E-state index contributed by atoms with van der Waals surface area (Å²) in [5, 5.41) is 13.2. The van der Waals surface area contributed by atoms with Gasteiger partial charge in [0.25, 0.3) is 11.1 Å². The van der Waals surface area contributed by atoms with E-state index in [-0.39, 0.29) is 0 Å². The second-order valence-electron chi connectivity index (χ2n) is 6.19. The van der Waals surface area contributed by atoms with Crippen LogP contribution < -0.4 is 4.74 Å². The highest BCUT2D eigenvalue weighted by molar-refractivity contribution is 7.99. The molecule has 0 fully saturated rings. The number of rotatable bonds is 5. The smallest absolute Gasteiger partial charge is 0.283 e. The molecule has 0 saturated carbocycles. The van der Waals surface area contributed by atoms with Crippen LogP contribution in [0.5, 0.6) is 5.75 Å². The van der Waals surface area contributed by atoms with Crippen LogP contribution in [-0.2, 0) is 0 Å². The lowest BCUT2D eigenvalue weighted by molar-refractivity contribution is 0.411. The van der Waals surface area contributed by atoms with Gasteiger partial charge in [-0.25, -0.2) is 9.97 Å². The molecular formula is C21H13ClN4O2S2. The molecule has 9 heteroatoms. The van der Waals surface area contributed by atoms with Crippen LogP contribution in [0.2, 0.25) is 5.02 Å². The van der Waals surface area contributed by atoms with E-state index in [9.17, 15) is 0 Å². The molecule has 0 amide bonds. The average molecular weight is 453 g/mol. The van der Waals surface area contributed by atoms with Crippen molar-refractivity contribution in [2.75, 3.05) is 7.11 Å². The number of fused-ring (bicyclic) bond motifs is 1. The quantitative estimate of drug-likeness (QED) is 0.293. The van der Waals surface area contributed by atoms with Crippen molar-refractivity contribution in [3.63, 3.8) is 0 Å². The first-order chi connectivity index (χ1) is 14.7. The van der Waals surface area contributed by atoms with Crippen molar-refractivity contribution in [3.05, 3.63) is 65.3 Å². The molecule has 5 rings (SSSR count). The third-order valence-electron chi connectivity index (χ3n) is 4.42. The Labute approximate surface area is 184 Å². The summed E-state index contributed by atoms with van der Waals surface area (Å²) in [6.07, 6.45) is 1.55. The van der Waals surface area contributed by atoms with Crippen molar-refractivity contribution in [2.24, 2.45) is 0 Å². The van der Waals surface area contributed by atoms with Crippen LogP contribution >= 0.6 is 34.7 Å². The highest BCUT2D eigenvalue weighted by Gasteiger charge is 2.18. The van der Waals surface area contributed by atoms with Crippen LogP contribution in [0.4, 0.5) is 0 Å². The topological polar surface area (TPSA) is 73.9 Å². The Morgan fingerprint density at radius 3 is 2.67 bits per heavy atom. The van der Waals surface area contributed by atoms with Crippen molar-refractivity contribution in [2.45, 2.75) is 10.2 Å². The zero-order valence-corrected chi connectivity index (χ0v) is 18.0. The maximum Gasteiger partial charge on any atom is 0.283 e. The normalized spacial score (nSPS) is 11.1. The fourth-order valence-electron chi connectivity index (χ4n) is 3.03. The molecule has 3 aromatic heterocycles. The second kappa shape index (κ2) is 8.06. The summed E-state index contributed by atoms with van der Waals surface area (Å²) in [7, 11) is 1.61. The summed E-state index contributed by atoms with van der Waals surface area (Å²) in [5.41, 5.74) is 2.83. The number of para-hydroxylation sites is 1. The zero-order chi connectivity index (χ0) is 20.5. The summed E-state index contributed by atoms with van der Waals surface area (Å²) >= 11 is 8.92. The minimum absolute atomic E-state index is 0.392. The van der Waals surface area contributed by atoms with E-state index in [1.54, 1.807) is 24.8 Å². The van der Waals surface area contributed by atoms with Crippen LogP contribution in [0, 0.1) is 0 Å². The molecule has 0 bridgehead atoms. The Hall–Kier alpha value is -2.94. The van der Waals surface area contributed by atoms with Crippen LogP contribution in [0.15, 0.2) is 74.9 Å². The highest BCUT2D eigenvalue weighted by Crippen LogP contribution is 2.40. The van der Waals surface area contributed by atoms with E-state index >= 15 is 0 Å². The Kier molecular flexibility index (Phi) is 5.12. The van der Waals surface area contributed by atoms with Gasteiger partial charge in [-0.3, -0.25) is 0 Å². The first-order valence-corrected chi connectivity index (χ1v) is 10.9. The molecule has 148 valence electrons. The molecular weight excluding hydrogens is 440 g/mol. The lowest BCUT2D eigenvalue weighted by Crippen LogP contribution is -1.87. The monoisotopic (exact) mass is 452 g/mol. The van der Waals surface area contributed by atoms with Gasteiger partial charge in [0.15, 0.2) is 0 Å².